The van der Waals surface area contributed by atoms with Crippen LogP contribution in [0.2, 0.25) is 0 Å². The van der Waals surface area contributed by atoms with E-state index in [1.807, 2.05) is 0 Å². The molecule has 1 aliphatic heterocycles. The molecule has 1 aromatic rings. The van der Waals surface area contributed by atoms with Gasteiger partial charge in [-0.1, -0.05) is 6.07 Å². The zero-order chi connectivity index (χ0) is 15.4. The van der Waals surface area contributed by atoms with Crippen molar-refractivity contribution in [1.82, 2.24) is 5.32 Å². The molecule has 2 rings (SSSR count). The maximum absolute atomic E-state index is 14.0. The van der Waals surface area contributed by atoms with Crippen molar-refractivity contribution in [3.63, 3.8) is 0 Å². The van der Waals surface area contributed by atoms with Gasteiger partial charge in [-0.15, -0.1) is 0 Å². The molecule has 1 unspecified atom stereocenters. The first kappa shape index (κ1) is 15.7. The first-order valence-corrected chi connectivity index (χ1v) is 7.05. The van der Waals surface area contributed by atoms with Gasteiger partial charge in [0.15, 0.2) is 0 Å². The molecule has 0 aromatic heterocycles. The van der Waals surface area contributed by atoms with Crippen LogP contribution in [0.5, 0.6) is 5.75 Å². The molecule has 1 aromatic carbocycles. The molecule has 0 spiro atoms. The van der Waals surface area contributed by atoms with Gasteiger partial charge in [0.1, 0.15) is 17.7 Å². The number of hydrogen-bond donors (Lipinski definition) is 2. The number of nitrogens with one attached hydrogen (secondary N) is 1. The summed E-state index contributed by atoms with van der Waals surface area (Å²) in [5.74, 6) is -0.243. The summed E-state index contributed by atoms with van der Waals surface area (Å²) in [7, 11) is 1.47. The molecular weight excluding hydrogens is 275 g/mol. The Morgan fingerprint density at radius 3 is 2.95 bits per heavy atom. The first-order chi connectivity index (χ1) is 10.1. The van der Waals surface area contributed by atoms with Crippen LogP contribution in [0.1, 0.15) is 31.4 Å². The van der Waals surface area contributed by atoms with Gasteiger partial charge in [-0.25, -0.2) is 4.39 Å². The van der Waals surface area contributed by atoms with Crippen LogP contribution in [-0.4, -0.2) is 31.8 Å². The number of ether oxygens (including phenoxy) is 2. The van der Waals surface area contributed by atoms with Gasteiger partial charge >= 0.3 is 0 Å². The van der Waals surface area contributed by atoms with Gasteiger partial charge in [0.05, 0.1) is 24.8 Å². The number of carbonyl (C=O) groups excluding carboxylic acids is 1. The Bertz CT molecular complexity index is 510. The smallest absolute Gasteiger partial charge is 0.249 e. The van der Waals surface area contributed by atoms with Crippen molar-refractivity contribution in [2.75, 3.05) is 13.7 Å². The van der Waals surface area contributed by atoms with Gasteiger partial charge in [0.2, 0.25) is 5.91 Å². The van der Waals surface area contributed by atoms with Crippen LogP contribution in [0.25, 0.3) is 0 Å². The summed E-state index contributed by atoms with van der Waals surface area (Å²) in [6.07, 6.45) is 0.818. The Hall–Kier alpha value is -1.66. The molecule has 1 saturated heterocycles. The second-order valence-corrected chi connectivity index (χ2v) is 5.15. The fourth-order valence-electron chi connectivity index (χ4n) is 2.57. The van der Waals surface area contributed by atoms with Crippen molar-refractivity contribution in [3.8, 4) is 5.75 Å². The Balaban J connectivity index is 2.05. The first-order valence-electron chi connectivity index (χ1n) is 7.05. The van der Waals surface area contributed by atoms with E-state index in [1.54, 1.807) is 19.1 Å². The summed E-state index contributed by atoms with van der Waals surface area (Å²) in [5.41, 5.74) is 5.86. The number of methoxy groups -OCH3 is 1. The zero-order valence-corrected chi connectivity index (χ0v) is 12.3. The lowest BCUT2D eigenvalue weighted by Crippen LogP contribution is -2.37. The van der Waals surface area contributed by atoms with Crippen molar-refractivity contribution in [3.05, 3.63) is 29.6 Å². The third-order valence-corrected chi connectivity index (χ3v) is 3.69. The van der Waals surface area contributed by atoms with E-state index in [0.29, 0.717) is 24.3 Å². The minimum absolute atomic E-state index is 0.0703. The lowest BCUT2D eigenvalue weighted by atomic mass is 10.1. The number of amides is 1. The SMILES string of the molecule is COc1cccc(F)c1C(C)NC(=O)[C@@H]1CC[C@H](CN)O1. The molecule has 1 amide bonds. The summed E-state index contributed by atoms with van der Waals surface area (Å²) in [6, 6.07) is 4.07. The van der Waals surface area contributed by atoms with Gasteiger partial charge in [-0.05, 0) is 31.9 Å². The highest BCUT2D eigenvalue weighted by Crippen LogP contribution is 2.28. The van der Waals surface area contributed by atoms with Crippen molar-refractivity contribution < 1.29 is 18.7 Å². The summed E-state index contributed by atoms with van der Waals surface area (Å²) < 4.78 is 24.6. The van der Waals surface area contributed by atoms with Crippen molar-refractivity contribution in [2.24, 2.45) is 5.73 Å². The van der Waals surface area contributed by atoms with Crippen LogP contribution in [0.3, 0.4) is 0 Å². The molecule has 0 saturated carbocycles. The third-order valence-electron chi connectivity index (χ3n) is 3.69. The normalized spacial score (nSPS) is 22.9. The standard InChI is InChI=1S/C15H21FN2O3/c1-9(14-11(16)4-3-5-12(14)20-2)18-15(19)13-7-6-10(8-17)21-13/h3-5,9-10,13H,6-8,17H2,1-2H3,(H,18,19)/t9?,10-,13+/m1/s1. The quantitative estimate of drug-likeness (QED) is 0.864. The molecule has 1 heterocycles. The Morgan fingerprint density at radius 2 is 2.33 bits per heavy atom. The number of benzene rings is 1. The number of rotatable bonds is 5. The van der Waals surface area contributed by atoms with E-state index in [-0.39, 0.29) is 12.0 Å². The number of nitrogens with two attached hydrogens (primary N) is 1. The summed E-state index contributed by atoms with van der Waals surface area (Å²) in [4.78, 5) is 12.2. The van der Waals surface area contributed by atoms with E-state index < -0.39 is 18.0 Å². The van der Waals surface area contributed by atoms with Gasteiger partial charge in [-0.3, -0.25) is 4.79 Å². The Kier molecular flexibility index (Phi) is 5.14. The lowest BCUT2D eigenvalue weighted by molar-refractivity contribution is -0.132. The molecular formula is C15H21FN2O3. The van der Waals surface area contributed by atoms with Crippen LogP contribution >= 0.6 is 0 Å². The number of carbonyl (C=O) groups is 1. The van der Waals surface area contributed by atoms with E-state index in [0.717, 1.165) is 6.42 Å². The molecule has 5 nitrogen and oxygen atoms in total. The fourth-order valence-corrected chi connectivity index (χ4v) is 2.57. The predicted octanol–water partition coefficient (Wildman–Crippen LogP) is 1.52. The van der Waals surface area contributed by atoms with E-state index in [2.05, 4.69) is 5.32 Å². The van der Waals surface area contributed by atoms with Crippen LogP contribution in [0, 0.1) is 5.82 Å². The van der Waals surface area contributed by atoms with Crippen molar-refractivity contribution in [1.29, 1.82) is 0 Å². The molecule has 0 bridgehead atoms. The topological polar surface area (TPSA) is 73.6 Å². The maximum Gasteiger partial charge on any atom is 0.249 e. The minimum Gasteiger partial charge on any atom is -0.496 e. The maximum atomic E-state index is 14.0. The second kappa shape index (κ2) is 6.87. The summed E-state index contributed by atoms with van der Waals surface area (Å²) in [6.45, 7) is 2.12. The summed E-state index contributed by atoms with van der Waals surface area (Å²) in [5, 5.41) is 2.77. The Morgan fingerprint density at radius 1 is 1.57 bits per heavy atom. The van der Waals surface area contributed by atoms with E-state index in [1.165, 1.54) is 13.2 Å². The monoisotopic (exact) mass is 296 g/mol. The van der Waals surface area contributed by atoms with Gasteiger partial charge in [-0.2, -0.15) is 0 Å². The molecule has 0 aliphatic carbocycles. The van der Waals surface area contributed by atoms with Crippen molar-refractivity contribution in [2.45, 2.75) is 38.0 Å². The molecule has 0 radical (unpaired) electrons. The highest BCUT2D eigenvalue weighted by atomic mass is 19.1. The molecule has 3 N–H and O–H groups in total. The van der Waals surface area contributed by atoms with Crippen LogP contribution in [0.15, 0.2) is 18.2 Å². The van der Waals surface area contributed by atoms with Crippen molar-refractivity contribution >= 4 is 5.91 Å². The average molecular weight is 296 g/mol. The van der Waals surface area contributed by atoms with E-state index in [4.69, 9.17) is 15.2 Å². The van der Waals surface area contributed by atoms with Crippen LogP contribution in [0.4, 0.5) is 4.39 Å². The largest absolute Gasteiger partial charge is 0.496 e. The van der Waals surface area contributed by atoms with E-state index in [9.17, 15) is 9.18 Å². The Labute approximate surface area is 123 Å². The zero-order valence-electron chi connectivity index (χ0n) is 12.3. The molecule has 6 heteroatoms. The molecule has 3 atom stereocenters. The van der Waals surface area contributed by atoms with Gasteiger partial charge in [0.25, 0.3) is 0 Å². The van der Waals surface area contributed by atoms with Crippen LogP contribution < -0.4 is 15.8 Å². The second-order valence-electron chi connectivity index (χ2n) is 5.15. The molecule has 21 heavy (non-hydrogen) atoms. The average Bonchev–Trinajstić information content (AvgIpc) is 2.95. The summed E-state index contributed by atoms with van der Waals surface area (Å²) >= 11 is 0. The predicted molar refractivity (Wildman–Crippen MR) is 76.5 cm³/mol. The van der Waals surface area contributed by atoms with Gasteiger partial charge in [0, 0.05) is 6.54 Å². The van der Waals surface area contributed by atoms with E-state index >= 15 is 0 Å². The highest BCUT2D eigenvalue weighted by molar-refractivity contribution is 5.81. The molecule has 1 fully saturated rings. The minimum atomic E-state index is -0.515. The number of hydrogen-bond acceptors (Lipinski definition) is 4. The third kappa shape index (κ3) is 3.51. The van der Waals surface area contributed by atoms with Crippen LogP contribution in [-0.2, 0) is 9.53 Å². The van der Waals surface area contributed by atoms with Gasteiger partial charge < -0.3 is 20.5 Å². The highest BCUT2D eigenvalue weighted by Gasteiger charge is 2.31. The lowest BCUT2D eigenvalue weighted by Gasteiger charge is -2.20. The molecule has 1 aliphatic rings. The number of halogens is 1. The molecule has 116 valence electrons. The fraction of sp³-hybridized carbons (Fsp3) is 0.533.